The smallest absolute Gasteiger partial charge is 0.275 e. The van der Waals surface area contributed by atoms with E-state index in [-0.39, 0.29) is 22.7 Å². The molecule has 3 N–H and O–H groups in total. The van der Waals surface area contributed by atoms with Gasteiger partial charge in [-0.05, 0) is 49.3 Å². The van der Waals surface area contributed by atoms with Gasteiger partial charge in [0, 0.05) is 50.5 Å². The molecular formula is C29H28ClN11O. The first-order valence-corrected chi connectivity index (χ1v) is 14.4. The average molecular weight is 582 g/mol. The van der Waals surface area contributed by atoms with Crippen LogP contribution in [0, 0.1) is 23.3 Å². The van der Waals surface area contributed by atoms with E-state index in [2.05, 4.69) is 51.4 Å². The Labute approximate surface area is 246 Å². The van der Waals surface area contributed by atoms with Gasteiger partial charge < -0.3 is 25.4 Å². The molecule has 0 amide bonds. The number of H-pyrrole nitrogens is 1. The van der Waals surface area contributed by atoms with Crippen molar-refractivity contribution in [3.8, 4) is 6.07 Å². The second-order valence-corrected chi connectivity index (χ2v) is 11.8. The van der Waals surface area contributed by atoms with Crippen LogP contribution >= 0.6 is 11.6 Å². The molecular weight excluding hydrogens is 554 g/mol. The number of imidazole rings is 1. The first-order chi connectivity index (χ1) is 20.4. The van der Waals surface area contributed by atoms with Crippen molar-refractivity contribution in [2.24, 2.45) is 5.41 Å². The average Bonchev–Trinajstić information content (AvgIpc) is 3.70. The summed E-state index contributed by atoms with van der Waals surface area (Å²) in [4.78, 5) is 31.9. The summed E-state index contributed by atoms with van der Waals surface area (Å²) in [6.07, 6.45) is 7.24. The lowest BCUT2D eigenvalue weighted by molar-refractivity contribution is -0.0242. The van der Waals surface area contributed by atoms with E-state index in [1.54, 1.807) is 12.3 Å². The molecule has 212 valence electrons. The molecule has 3 aromatic heterocycles. The molecule has 1 aromatic carbocycles. The van der Waals surface area contributed by atoms with Crippen LogP contribution in [0.2, 0.25) is 5.02 Å². The van der Waals surface area contributed by atoms with Crippen molar-refractivity contribution in [3.05, 3.63) is 74.6 Å². The first-order valence-electron chi connectivity index (χ1n) is 14.0. The lowest BCUT2D eigenvalue weighted by Crippen LogP contribution is -2.60. The van der Waals surface area contributed by atoms with Crippen LogP contribution in [0.5, 0.6) is 0 Å². The van der Waals surface area contributed by atoms with Crippen molar-refractivity contribution in [2.45, 2.75) is 38.3 Å². The molecule has 0 atom stereocenters. The highest BCUT2D eigenvalue weighted by atomic mass is 35.5. The van der Waals surface area contributed by atoms with E-state index in [1.807, 2.05) is 18.2 Å². The van der Waals surface area contributed by atoms with Crippen molar-refractivity contribution in [2.75, 3.05) is 41.7 Å². The number of fused-ring (bicyclic) bond motifs is 1. The Morgan fingerprint density at radius 2 is 2.07 bits per heavy atom. The predicted molar refractivity (Wildman–Crippen MR) is 159 cm³/mol. The molecule has 5 heterocycles. The SMILES string of the molecule is [C-]#[N+]c1cnc2c(NC3CC3)nc(Nc3cc(C#N)cc(N4CCC5(CC4)CN(Cc4ccc[nH]c4=O)C5)c3Cl)nn12. The van der Waals surface area contributed by atoms with Gasteiger partial charge in [-0.2, -0.15) is 10.2 Å². The molecule has 2 aliphatic heterocycles. The van der Waals surface area contributed by atoms with Gasteiger partial charge >= 0.3 is 0 Å². The van der Waals surface area contributed by atoms with Crippen LogP contribution < -0.4 is 21.1 Å². The molecule has 3 aliphatic rings. The van der Waals surface area contributed by atoms with Crippen molar-refractivity contribution in [1.29, 1.82) is 5.26 Å². The highest BCUT2D eigenvalue weighted by Gasteiger charge is 2.45. The minimum atomic E-state index is -0.0257. The van der Waals surface area contributed by atoms with E-state index < -0.39 is 0 Å². The van der Waals surface area contributed by atoms with Gasteiger partial charge in [0.25, 0.3) is 23.0 Å². The highest BCUT2D eigenvalue weighted by Crippen LogP contribution is 2.44. The third-order valence-corrected chi connectivity index (χ3v) is 8.78. The summed E-state index contributed by atoms with van der Waals surface area (Å²) in [5, 5.41) is 21.4. The van der Waals surface area contributed by atoms with Crippen LogP contribution in [0.3, 0.4) is 0 Å². The molecule has 4 aromatic rings. The Hall–Kier alpha value is -4.65. The van der Waals surface area contributed by atoms with Crippen LogP contribution in [0.15, 0.2) is 41.5 Å². The number of aromatic amines is 1. The number of anilines is 4. The van der Waals surface area contributed by atoms with E-state index in [1.165, 1.54) is 10.7 Å². The number of nitrogens with one attached hydrogen (secondary N) is 3. The van der Waals surface area contributed by atoms with E-state index in [0.717, 1.165) is 63.1 Å². The van der Waals surface area contributed by atoms with Gasteiger partial charge in [-0.1, -0.05) is 29.3 Å². The Kier molecular flexibility index (Phi) is 6.45. The first kappa shape index (κ1) is 26.3. The van der Waals surface area contributed by atoms with E-state index in [0.29, 0.717) is 40.3 Å². The summed E-state index contributed by atoms with van der Waals surface area (Å²) in [6, 6.07) is 9.85. The number of rotatable bonds is 7. The lowest BCUT2D eigenvalue weighted by atomic mass is 9.72. The molecule has 7 rings (SSSR count). The van der Waals surface area contributed by atoms with Crippen molar-refractivity contribution in [3.63, 3.8) is 0 Å². The number of hydrogen-bond acceptors (Lipinski definition) is 9. The number of piperidine rings is 1. The third kappa shape index (κ3) is 4.89. The number of hydrogen-bond donors (Lipinski definition) is 3. The molecule has 0 bridgehead atoms. The summed E-state index contributed by atoms with van der Waals surface area (Å²) in [6.45, 7) is 11.7. The fraction of sp³-hybridized carbons (Fsp3) is 0.379. The maximum atomic E-state index is 12.1. The summed E-state index contributed by atoms with van der Waals surface area (Å²) in [5.41, 5.74) is 3.28. The molecule has 12 nitrogen and oxygen atoms in total. The van der Waals surface area contributed by atoms with Crippen LogP contribution in [-0.2, 0) is 6.54 Å². The molecule has 2 saturated heterocycles. The van der Waals surface area contributed by atoms with E-state index in [4.69, 9.17) is 18.2 Å². The molecule has 0 unspecified atom stereocenters. The summed E-state index contributed by atoms with van der Waals surface area (Å²) < 4.78 is 1.47. The third-order valence-electron chi connectivity index (χ3n) is 8.38. The number of aromatic nitrogens is 5. The largest absolute Gasteiger partial charge is 0.370 e. The van der Waals surface area contributed by atoms with Crippen LogP contribution in [0.25, 0.3) is 10.5 Å². The summed E-state index contributed by atoms with van der Waals surface area (Å²) >= 11 is 6.96. The van der Waals surface area contributed by atoms with Crippen LogP contribution in [0.1, 0.15) is 36.8 Å². The Balaban J connectivity index is 1.09. The van der Waals surface area contributed by atoms with Gasteiger partial charge in [-0.3, -0.25) is 9.69 Å². The second kappa shape index (κ2) is 10.3. The summed E-state index contributed by atoms with van der Waals surface area (Å²) in [7, 11) is 0. The number of nitrogens with zero attached hydrogens (tertiary/aromatic N) is 8. The summed E-state index contributed by atoms with van der Waals surface area (Å²) in [5.74, 6) is 1.07. The topological polar surface area (TPSA) is 135 Å². The number of pyridine rings is 1. The number of likely N-dealkylation sites (tertiary alicyclic amines) is 1. The fourth-order valence-corrected chi connectivity index (χ4v) is 6.28. The zero-order valence-corrected chi connectivity index (χ0v) is 23.5. The normalized spacial score (nSPS) is 17.9. The Morgan fingerprint density at radius 3 is 2.79 bits per heavy atom. The fourth-order valence-electron chi connectivity index (χ4n) is 6.01. The molecule has 0 radical (unpaired) electrons. The van der Waals surface area contributed by atoms with Crippen molar-refractivity contribution >= 4 is 46.2 Å². The predicted octanol–water partition coefficient (Wildman–Crippen LogP) is 4.31. The van der Waals surface area contributed by atoms with Crippen LogP contribution in [0.4, 0.5) is 29.0 Å². The number of benzene rings is 1. The van der Waals surface area contributed by atoms with Crippen molar-refractivity contribution < 1.29 is 0 Å². The minimum Gasteiger partial charge on any atom is -0.370 e. The van der Waals surface area contributed by atoms with Gasteiger partial charge in [-0.25, -0.2) is 4.98 Å². The van der Waals surface area contributed by atoms with Gasteiger partial charge in [0.15, 0.2) is 5.82 Å². The zero-order valence-electron chi connectivity index (χ0n) is 22.8. The lowest BCUT2D eigenvalue weighted by Gasteiger charge is -2.54. The van der Waals surface area contributed by atoms with Gasteiger partial charge in [-0.15, -0.1) is 4.52 Å². The van der Waals surface area contributed by atoms with Gasteiger partial charge in [0.2, 0.25) is 0 Å². The Bertz CT molecular complexity index is 1810. The molecule has 1 saturated carbocycles. The zero-order chi connectivity index (χ0) is 28.8. The Morgan fingerprint density at radius 1 is 1.26 bits per heavy atom. The van der Waals surface area contributed by atoms with Crippen LogP contribution in [-0.4, -0.2) is 61.7 Å². The molecule has 1 aliphatic carbocycles. The minimum absolute atomic E-state index is 0.0257. The van der Waals surface area contributed by atoms with E-state index >= 15 is 0 Å². The van der Waals surface area contributed by atoms with Crippen molar-refractivity contribution in [1.82, 2.24) is 29.5 Å². The molecule has 42 heavy (non-hydrogen) atoms. The quantitative estimate of drug-likeness (QED) is 0.273. The molecule has 13 heteroatoms. The highest BCUT2D eigenvalue weighted by molar-refractivity contribution is 6.36. The maximum Gasteiger partial charge on any atom is 0.275 e. The molecule has 3 fully saturated rings. The number of nitriles is 1. The second-order valence-electron chi connectivity index (χ2n) is 11.4. The van der Waals surface area contributed by atoms with Gasteiger partial charge in [0.05, 0.1) is 34.2 Å². The van der Waals surface area contributed by atoms with E-state index in [9.17, 15) is 10.1 Å². The standard InChI is InChI=1S/C29H28ClN11O/c1-32-23-14-34-26-25(35-20-4-5-20)37-28(38-41(23)26)36-21-11-18(13-31)12-22(24(21)30)40-9-6-29(7-10-40)16-39(17-29)15-19-3-2-8-33-27(19)42/h2-3,8,11-12,14,20H,4-7,9-10,15-17H2,(H,33,42)(H2,35,36,37,38). The van der Waals surface area contributed by atoms with Gasteiger partial charge in [0.1, 0.15) is 0 Å². The monoisotopic (exact) mass is 581 g/mol. The maximum absolute atomic E-state index is 12.1. The number of halogens is 1. The molecule has 1 spiro atoms.